The zero-order valence-electron chi connectivity index (χ0n) is 7.24. The second-order valence-electron chi connectivity index (χ2n) is 3.28. The van der Waals surface area contributed by atoms with Crippen molar-refractivity contribution < 1.29 is 13.6 Å². The number of fused-ring (bicyclic) bond motifs is 1. The second-order valence-corrected chi connectivity index (χ2v) is 3.69. The van der Waals surface area contributed by atoms with Crippen LogP contribution in [0.5, 0.6) is 0 Å². The van der Waals surface area contributed by atoms with Crippen molar-refractivity contribution in [1.29, 1.82) is 0 Å². The molecule has 0 saturated heterocycles. The molecule has 1 aromatic carbocycles. The maximum absolute atomic E-state index is 13.4. The van der Waals surface area contributed by atoms with E-state index in [0.29, 0.717) is 12.8 Å². The molecule has 0 unspecified atom stereocenters. The maximum Gasteiger partial charge on any atom is 0.166 e. The third kappa shape index (κ3) is 1.32. The standard InChI is InChI=1S/C10H7ClF2O/c11-6-4-7(12)5-2-1-3-8(14)9(5)10(6)13/h4H,1-3H2. The molecule has 1 nitrogen and oxygen atoms in total. The van der Waals surface area contributed by atoms with Crippen molar-refractivity contribution >= 4 is 17.4 Å². The molecule has 14 heavy (non-hydrogen) atoms. The molecule has 0 aromatic heterocycles. The van der Waals surface area contributed by atoms with Crippen molar-refractivity contribution in [2.75, 3.05) is 0 Å². The van der Waals surface area contributed by atoms with E-state index in [1.54, 1.807) is 0 Å². The molecule has 0 fully saturated rings. The van der Waals surface area contributed by atoms with Gasteiger partial charge in [-0.3, -0.25) is 4.79 Å². The number of Topliss-reactive ketones (excluding diaryl/α,β-unsaturated/α-hetero) is 1. The highest BCUT2D eigenvalue weighted by molar-refractivity contribution is 6.31. The van der Waals surface area contributed by atoms with Gasteiger partial charge in [0.25, 0.3) is 0 Å². The molecule has 0 aliphatic heterocycles. The number of rotatable bonds is 0. The van der Waals surface area contributed by atoms with Crippen LogP contribution in [0.15, 0.2) is 6.07 Å². The van der Waals surface area contributed by atoms with Crippen LogP contribution >= 0.6 is 11.6 Å². The lowest BCUT2D eigenvalue weighted by Crippen LogP contribution is -2.15. The highest BCUT2D eigenvalue weighted by Crippen LogP contribution is 2.30. The van der Waals surface area contributed by atoms with Crippen LogP contribution in [0.3, 0.4) is 0 Å². The van der Waals surface area contributed by atoms with Gasteiger partial charge in [0.2, 0.25) is 0 Å². The molecule has 1 aromatic rings. The van der Waals surface area contributed by atoms with Crippen LogP contribution in [0.1, 0.15) is 28.8 Å². The van der Waals surface area contributed by atoms with Gasteiger partial charge in [0, 0.05) is 12.0 Å². The number of halogens is 3. The molecule has 4 heteroatoms. The van der Waals surface area contributed by atoms with E-state index in [2.05, 4.69) is 0 Å². The van der Waals surface area contributed by atoms with Crippen LogP contribution in [0.2, 0.25) is 5.02 Å². The van der Waals surface area contributed by atoms with E-state index in [1.165, 1.54) is 0 Å². The van der Waals surface area contributed by atoms with E-state index in [4.69, 9.17) is 11.6 Å². The predicted molar refractivity (Wildman–Crippen MR) is 48.6 cm³/mol. The zero-order chi connectivity index (χ0) is 10.3. The first-order valence-corrected chi connectivity index (χ1v) is 4.68. The lowest BCUT2D eigenvalue weighted by atomic mass is 9.90. The third-order valence-electron chi connectivity index (χ3n) is 2.38. The Balaban J connectivity index is 2.73. The summed E-state index contributed by atoms with van der Waals surface area (Å²) in [7, 11) is 0. The lowest BCUT2D eigenvalue weighted by Gasteiger charge is -2.16. The topological polar surface area (TPSA) is 17.1 Å². The van der Waals surface area contributed by atoms with E-state index >= 15 is 0 Å². The first-order chi connectivity index (χ1) is 6.61. The molecule has 2 rings (SSSR count). The van der Waals surface area contributed by atoms with Gasteiger partial charge in [-0.1, -0.05) is 11.6 Å². The molecule has 0 radical (unpaired) electrons. The Morgan fingerprint density at radius 3 is 2.71 bits per heavy atom. The molecule has 74 valence electrons. The molecule has 0 bridgehead atoms. The predicted octanol–water partition coefficient (Wildman–Crippen LogP) is 3.14. The van der Waals surface area contributed by atoms with Gasteiger partial charge in [0.15, 0.2) is 11.6 Å². The van der Waals surface area contributed by atoms with Crippen molar-refractivity contribution in [1.82, 2.24) is 0 Å². The van der Waals surface area contributed by atoms with E-state index in [1.807, 2.05) is 0 Å². The number of carbonyl (C=O) groups excluding carboxylic acids is 1. The lowest BCUT2D eigenvalue weighted by molar-refractivity contribution is 0.0967. The van der Waals surface area contributed by atoms with Crippen molar-refractivity contribution in [2.45, 2.75) is 19.3 Å². The zero-order valence-corrected chi connectivity index (χ0v) is 8.00. The number of carbonyl (C=O) groups is 1. The summed E-state index contributed by atoms with van der Waals surface area (Å²) in [5, 5.41) is -0.323. The van der Waals surface area contributed by atoms with Gasteiger partial charge >= 0.3 is 0 Å². The quantitative estimate of drug-likeness (QED) is 0.609. The minimum atomic E-state index is -0.784. The Hall–Kier alpha value is -0.960. The van der Waals surface area contributed by atoms with Crippen LogP contribution in [-0.4, -0.2) is 5.78 Å². The molecule has 1 aliphatic rings. The van der Waals surface area contributed by atoms with Crippen LogP contribution in [0.4, 0.5) is 8.78 Å². The number of ketones is 1. The Labute approximate surface area is 84.7 Å². The maximum atomic E-state index is 13.4. The second kappa shape index (κ2) is 3.31. The van der Waals surface area contributed by atoms with Crippen molar-refractivity contribution in [3.05, 3.63) is 33.9 Å². The van der Waals surface area contributed by atoms with Crippen LogP contribution < -0.4 is 0 Å². The Morgan fingerprint density at radius 1 is 1.29 bits per heavy atom. The summed E-state index contributed by atoms with van der Waals surface area (Å²) in [5.74, 6) is -1.72. The Kier molecular flexibility index (Phi) is 2.27. The fraction of sp³-hybridized carbons (Fsp3) is 0.300. The van der Waals surface area contributed by atoms with Crippen LogP contribution in [0, 0.1) is 11.6 Å². The highest BCUT2D eigenvalue weighted by atomic mass is 35.5. The van der Waals surface area contributed by atoms with Gasteiger partial charge in [0.05, 0.1) is 10.6 Å². The molecule has 0 N–H and O–H groups in total. The van der Waals surface area contributed by atoms with Gasteiger partial charge in [-0.15, -0.1) is 0 Å². The number of hydrogen-bond donors (Lipinski definition) is 0. The van der Waals surface area contributed by atoms with E-state index < -0.39 is 11.6 Å². The summed E-state index contributed by atoms with van der Waals surface area (Å²) in [6.45, 7) is 0. The number of benzene rings is 1. The van der Waals surface area contributed by atoms with Gasteiger partial charge in [-0.25, -0.2) is 8.78 Å². The minimum Gasteiger partial charge on any atom is -0.294 e. The largest absolute Gasteiger partial charge is 0.294 e. The molecule has 0 spiro atoms. The third-order valence-corrected chi connectivity index (χ3v) is 2.66. The first-order valence-electron chi connectivity index (χ1n) is 4.31. The first kappa shape index (κ1) is 9.59. The average Bonchev–Trinajstić information content (AvgIpc) is 2.14. The van der Waals surface area contributed by atoms with Crippen LogP contribution in [0.25, 0.3) is 0 Å². The fourth-order valence-corrected chi connectivity index (χ4v) is 1.91. The summed E-state index contributed by atoms with van der Waals surface area (Å²) in [6, 6.07) is 0.925. The van der Waals surface area contributed by atoms with E-state index in [0.717, 1.165) is 6.07 Å². The monoisotopic (exact) mass is 216 g/mol. The van der Waals surface area contributed by atoms with Crippen molar-refractivity contribution in [3.63, 3.8) is 0 Å². The summed E-state index contributed by atoms with van der Waals surface area (Å²) in [6.07, 6.45) is 1.24. The molecular weight excluding hydrogens is 210 g/mol. The van der Waals surface area contributed by atoms with E-state index in [-0.39, 0.29) is 28.4 Å². The van der Waals surface area contributed by atoms with Crippen molar-refractivity contribution in [3.8, 4) is 0 Å². The average molecular weight is 217 g/mol. The molecule has 0 saturated carbocycles. The summed E-state index contributed by atoms with van der Waals surface area (Å²) in [5.41, 5.74) is 0.0180. The SMILES string of the molecule is O=C1CCCc2c(F)cc(Cl)c(F)c21. The number of hydrogen-bond acceptors (Lipinski definition) is 1. The summed E-state index contributed by atoms with van der Waals surface area (Å²) in [4.78, 5) is 11.3. The molecule has 1 aliphatic carbocycles. The summed E-state index contributed by atoms with van der Waals surface area (Å²) < 4.78 is 26.7. The molecular formula is C10H7ClF2O. The fourth-order valence-electron chi connectivity index (χ4n) is 1.72. The molecule has 0 atom stereocenters. The highest BCUT2D eigenvalue weighted by Gasteiger charge is 2.26. The Bertz CT molecular complexity index is 415. The smallest absolute Gasteiger partial charge is 0.166 e. The van der Waals surface area contributed by atoms with Gasteiger partial charge in [-0.2, -0.15) is 0 Å². The van der Waals surface area contributed by atoms with Gasteiger partial charge < -0.3 is 0 Å². The van der Waals surface area contributed by atoms with Crippen molar-refractivity contribution in [2.24, 2.45) is 0 Å². The Morgan fingerprint density at radius 2 is 2.00 bits per heavy atom. The van der Waals surface area contributed by atoms with Gasteiger partial charge in [0.1, 0.15) is 5.82 Å². The normalized spacial score (nSPS) is 15.5. The minimum absolute atomic E-state index is 0.152. The molecule has 0 heterocycles. The summed E-state index contributed by atoms with van der Waals surface area (Å²) >= 11 is 5.45. The molecule has 0 amide bonds. The van der Waals surface area contributed by atoms with E-state index in [9.17, 15) is 13.6 Å². The van der Waals surface area contributed by atoms with Gasteiger partial charge in [-0.05, 0) is 18.9 Å². The van der Waals surface area contributed by atoms with Crippen LogP contribution in [-0.2, 0) is 6.42 Å².